The maximum atomic E-state index is 8.28. The van der Waals surface area contributed by atoms with Crippen LogP contribution in [0.15, 0.2) is 54.6 Å². The SMILES string of the molecule is [2H]C(C#CC(C)(C)C)=CC([2H])([2H])N(C)Cc1cccc2ccccc12. The second-order valence-electron chi connectivity index (χ2n) is 6.41. The van der Waals surface area contributed by atoms with Crippen molar-refractivity contribution in [2.75, 3.05) is 13.5 Å². The van der Waals surface area contributed by atoms with Gasteiger partial charge < -0.3 is 0 Å². The lowest BCUT2D eigenvalue weighted by Gasteiger charge is -2.15. The molecule has 2 rings (SSSR count). The summed E-state index contributed by atoms with van der Waals surface area (Å²) in [5.74, 6) is 5.70. The summed E-state index contributed by atoms with van der Waals surface area (Å²) in [5.41, 5.74) is 0.854. The third-order valence-electron chi connectivity index (χ3n) is 3.15. The quantitative estimate of drug-likeness (QED) is 0.727. The van der Waals surface area contributed by atoms with E-state index in [2.05, 4.69) is 30.0 Å². The minimum Gasteiger partial charge on any atom is -0.298 e. The average molecular weight is 294 g/mol. The summed E-state index contributed by atoms with van der Waals surface area (Å²) in [7, 11) is 1.72. The van der Waals surface area contributed by atoms with Gasteiger partial charge in [0.05, 0.1) is 1.37 Å². The first-order chi connectivity index (χ1) is 11.6. The van der Waals surface area contributed by atoms with Crippen LogP contribution in [0.25, 0.3) is 10.8 Å². The standard InChI is InChI=1S/C21H25N/c1-21(2,3)15-8-5-9-16-22(4)17-19-13-10-12-18-11-6-7-14-20(18)19/h5-7,9-14H,16-17H2,1-4H3/i5D,16D2. The van der Waals surface area contributed by atoms with Gasteiger partial charge in [0.1, 0.15) is 0 Å². The minimum atomic E-state index is -1.75. The van der Waals surface area contributed by atoms with Crippen molar-refractivity contribution in [3.63, 3.8) is 0 Å². The fourth-order valence-corrected chi connectivity index (χ4v) is 2.13. The van der Waals surface area contributed by atoms with Crippen molar-refractivity contribution in [1.29, 1.82) is 0 Å². The molecule has 114 valence electrons. The highest BCUT2D eigenvalue weighted by Gasteiger charge is 2.03. The Labute approximate surface area is 138 Å². The normalized spacial score (nSPS) is 15.0. The summed E-state index contributed by atoms with van der Waals surface area (Å²) in [5, 5.41) is 2.26. The summed E-state index contributed by atoms with van der Waals surface area (Å²) >= 11 is 0. The average Bonchev–Trinajstić information content (AvgIpc) is 2.52. The van der Waals surface area contributed by atoms with Gasteiger partial charge in [-0.2, -0.15) is 0 Å². The molecule has 0 spiro atoms. The molecule has 0 atom stereocenters. The molecule has 0 bridgehead atoms. The van der Waals surface area contributed by atoms with Crippen LogP contribution in [0, 0.1) is 17.3 Å². The summed E-state index contributed by atoms with van der Waals surface area (Å²) < 4.78 is 24.5. The van der Waals surface area contributed by atoms with E-state index >= 15 is 0 Å². The van der Waals surface area contributed by atoms with E-state index in [4.69, 9.17) is 4.11 Å². The van der Waals surface area contributed by atoms with Gasteiger partial charge in [-0.3, -0.25) is 4.90 Å². The summed E-state index contributed by atoms with van der Waals surface area (Å²) in [6, 6.07) is 14.2. The first kappa shape index (κ1) is 12.5. The maximum Gasteiger partial charge on any atom is 0.0717 e. The fourth-order valence-electron chi connectivity index (χ4n) is 2.13. The lowest BCUT2D eigenvalue weighted by Crippen LogP contribution is -2.17. The van der Waals surface area contributed by atoms with Crippen LogP contribution in [0.1, 0.15) is 30.4 Å². The van der Waals surface area contributed by atoms with Crippen molar-refractivity contribution in [3.8, 4) is 11.8 Å². The molecule has 0 aliphatic rings. The predicted octanol–water partition coefficient (Wildman–Crippen LogP) is 4.88. The molecule has 0 saturated carbocycles. The Morgan fingerprint density at radius 1 is 1.18 bits per heavy atom. The Bertz CT molecular complexity index is 830. The highest BCUT2D eigenvalue weighted by molar-refractivity contribution is 5.85. The third-order valence-corrected chi connectivity index (χ3v) is 3.15. The van der Waals surface area contributed by atoms with Crippen molar-refractivity contribution < 1.29 is 4.11 Å². The van der Waals surface area contributed by atoms with Crippen LogP contribution in [-0.4, -0.2) is 18.4 Å². The molecule has 0 radical (unpaired) electrons. The molecule has 22 heavy (non-hydrogen) atoms. The van der Waals surface area contributed by atoms with Crippen molar-refractivity contribution in [1.82, 2.24) is 4.90 Å². The lowest BCUT2D eigenvalue weighted by molar-refractivity contribution is 0.365. The topological polar surface area (TPSA) is 3.24 Å². The molecule has 0 fully saturated rings. The fraction of sp³-hybridized carbons (Fsp3) is 0.333. The van der Waals surface area contributed by atoms with Gasteiger partial charge in [0, 0.05) is 21.2 Å². The number of fused-ring (bicyclic) bond motifs is 1. The highest BCUT2D eigenvalue weighted by Crippen LogP contribution is 2.19. The van der Waals surface area contributed by atoms with Crippen LogP contribution in [0.3, 0.4) is 0 Å². The monoisotopic (exact) mass is 294 g/mol. The van der Waals surface area contributed by atoms with Crippen LogP contribution in [0.2, 0.25) is 0 Å². The summed E-state index contributed by atoms with van der Waals surface area (Å²) in [4.78, 5) is 1.60. The molecule has 2 aromatic rings. The van der Waals surface area contributed by atoms with Gasteiger partial charge in [-0.05, 0) is 50.2 Å². The van der Waals surface area contributed by atoms with Gasteiger partial charge in [-0.1, -0.05) is 60.4 Å². The number of allylic oxidation sites excluding steroid dienone is 1. The zero-order chi connectivity index (χ0) is 18.7. The Hall–Kier alpha value is -2.04. The molecule has 0 aliphatic heterocycles. The highest BCUT2D eigenvalue weighted by atomic mass is 15.1. The molecule has 0 saturated heterocycles. The smallest absolute Gasteiger partial charge is 0.0717 e. The number of rotatable bonds is 4. The molecule has 0 aromatic heterocycles. The molecule has 0 amide bonds. The van der Waals surface area contributed by atoms with Crippen LogP contribution >= 0.6 is 0 Å². The first-order valence-electron chi connectivity index (χ1n) is 8.99. The third kappa shape index (κ3) is 5.06. The molecule has 1 heteroatoms. The number of benzene rings is 2. The number of likely N-dealkylation sites (N-methyl/N-ethyl adjacent to an activating group) is 1. The lowest BCUT2D eigenvalue weighted by atomic mass is 9.98. The molecule has 0 aliphatic carbocycles. The van der Waals surface area contributed by atoms with Crippen molar-refractivity contribution in [2.24, 2.45) is 5.41 Å². The first-order valence-corrected chi connectivity index (χ1v) is 7.49. The summed E-state index contributed by atoms with van der Waals surface area (Å²) in [6.45, 7) is 4.60. The largest absolute Gasteiger partial charge is 0.298 e. The van der Waals surface area contributed by atoms with Crippen LogP contribution < -0.4 is 0 Å². The number of hydrogen-bond acceptors (Lipinski definition) is 1. The zero-order valence-corrected chi connectivity index (χ0v) is 13.8. The van der Waals surface area contributed by atoms with Crippen LogP contribution in [0.4, 0.5) is 0 Å². The molecule has 0 N–H and O–H groups in total. The van der Waals surface area contributed by atoms with Crippen molar-refractivity contribution in [3.05, 3.63) is 60.2 Å². The van der Waals surface area contributed by atoms with Crippen molar-refractivity contribution in [2.45, 2.75) is 27.3 Å². The van der Waals surface area contributed by atoms with E-state index in [1.165, 1.54) is 6.08 Å². The second-order valence-corrected chi connectivity index (χ2v) is 6.41. The number of hydrogen-bond donors (Lipinski definition) is 0. The van der Waals surface area contributed by atoms with Gasteiger partial charge in [0.2, 0.25) is 0 Å². The Balaban J connectivity index is 2.23. The molecule has 0 heterocycles. The van der Waals surface area contributed by atoms with Crippen molar-refractivity contribution >= 4 is 10.8 Å². The molecular formula is C21H25N. The van der Waals surface area contributed by atoms with E-state index in [0.717, 1.165) is 16.3 Å². The zero-order valence-electron chi connectivity index (χ0n) is 16.8. The molecule has 1 nitrogen and oxygen atoms in total. The van der Waals surface area contributed by atoms with Crippen LogP contribution in [0.5, 0.6) is 0 Å². The molecule has 2 aromatic carbocycles. The number of nitrogens with zero attached hydrogens (tertiary/aromatic N) is 1. The maximum absolute atomic E-state index is 8.28. The van der Waals surface area contributed by atoms with Gasteiger partial charge in [0.25, 0.3) is 0 Å². The van der Waals surface area contributed by atoms with E-state index in [9.17, 15) is 0 Å². The van der Waals surface area contributed by atoms with Gasteiger partial charge in [-0.15, -0.1) is 0 Å². The second kappa shape index (κ2) is 7.29. The minimum absolute atomic E-state index is 0.00435. The molecular weight excluding hydrogens is 266 g/mol. The molecule has 0 unspecified atom stereocenters. The van der Waals surface area contributed by atoms with Gasteiger partial charge >= 0.3 is 0 Å². The van der Waals surface area contributed by atoms with Gasteiger partial charge in [0.15, 0.2) is 0 Å². The van der Waals surface area contributed by atoms with E-state index in [0.29, 0.717) is 6.54 Å². The van der Waals surface area contributed by atoms with E-state index in [-0.39, 0.29) is 11.5 Å². The van der Waals surface area contributed by atoms with E-state index < -0.39 is 6.50 Å². The Kier molecular flexibility index (Phi) is 4.14. The predicted molar refractivity (Wildman–Crippen MR) is 96.7 cm³/mol. The summed E-state index contributed by atoms with van der Waals surface area (Å²) in [6.07, 6.45) is 1.27. The van der Waals surface area contributed by atoms with E-state index in [1.54, 1.807) is 11.9 Å². The van der Waals surface area contributed by atoms with Crippen LogP contribution in [-0.2, 0) is 6.54 Å². The van der Waals surface area contributed by atoms with E-state index in [1.807, 2.05) is 45.0 Å². The van der Waals surface area contributed by atoms with Gasteiger partial charge in [-0.25, -0.2) is 0 Å². The Morgan fingerprint density at radius 3 is 2.68 bits per heavy atom. The Morgan fingerprint density at radius 2 is 1.91 bits per heavy atom.